The monoisotopic (exact) mass is 209 g/mol. The van der Waals surface area contributed by atoms with Gasteiger partial charge >= 0.3 is 0 Å². The molecular weight excluding hydrogens is 186 g/mol. The van der Waals surface area contributed by atoms with Crippen LogP contribution in [-0.2, 0) is 4.79 Å². The number of rotatable bonds is 4. The maximum absolute atomic E-state index is 12.0. The molecule has 0 radical (unpaired) electrons. The van der Waals surface area contributed by atoms with Gasteiger partial charge in [-0.25, -0.2) is 0 Å². The van der Waals surface area contributed by atoms with E-state index in [0.29, 0.717) is 23.8 Å². The highest BCUT2D eigenvalue weighted by Gasteiger charge is 2.48. The Hall–Kier alpha value is -0.530. The molecule has 1 amide bonds. The average molecular weight is 209 g/mol. The van der Waals surface area contributed by atoms with Gasteiger partial charge in [-0.2, -0.15) is 0 Å². The van der Waals surface area contributed by atoms with Gasteiger partial charge in [0.05, 0.1) is 0 Å². The summed E-state index contributed by atoms with van der Waals surface area (Å²) in [6.07, 6.45) is 4.75. The molecule has 0 aromatic rings. The summed E-state index contributed by atoms with van der Waals surface area (Å²) >= 11 is 0. The second kappa shape index (κ2) is 4.15. The Kier molecular flexibility index (Phi) is 3.03. The van der Waals surface area contributed by atoms with Crippen LogP contribution in [0.3, 0.4) is 0 Å². The third-order valence-electron chi connectivity index (χ3n) is 4.19. The van der Waals surface area contributed by atoms with Crippen molar-refractivity contribution in [3.8, 4) is 0 Å². The summed E-state index contributed by atoms with van der Waals surface area (Å²) in [4.78, 5) is 12.0. The molecule has 15 heavy (non-hydrogen) atoms. The average Bonchev–Trinajstić information content (AvgIpc) is 2.81. The van der Waals surface area contributed by atoms with Crippen LogP contribution in [0.4, 0.5) is 0 Å². The van der Waals surface area contributed by atoms with Crippen molar-refractivity contribution in [2.24, 2.45) is 23.7 Å². The van der Waals surface area contributed by atoms with Crippen LogP contribution in [0.1, 0.15) is 46.5 Å². The number of carbonyl (C=O) groups is 1. The number of nitrogens with one attached hydrogen (secondary N) is 1. The van der Waals surface area contributed by atoms with Crippen molar-refractivity contribution in [3.05, 3.63) is 0 Å². The van der Waals surface area contributed by atoms with Gasteiger partial charge in [0.1, 0.15) is 0 Å². The van der Waals surface area contributed by atoms with Gasteiger partial charge in [-0.15, -0.1) is 0 Å². The topological polar surface area (TPSA) is 29.1 Å². The molecule has 2 aliphatic carbocycles. The Morgan fingerprint density at radius 1 is 1.27 bits per heavy atom. The van der Waals surface area contributed by atoms with Crippen molar-refractivity contribution in [1.29, 1.82) is 0 Å². The highest BCUT2D eigenvalue weighted by Crippen LogP contribution is 2.54. The van der Waals surface area contributed by atoms with E-state index >= 15 is 0 Å². The third-order valence-corrected chi connectivity index (χ3v) is 4.19. The minimum absolute atomic E-state index is 0.322. The molecule has 2 fully saturated rings. The van der Waals surface area contributed by atoms with Crippen LogP contribution in [0.5, 0.6) is 0 Å². The molecule has 2 nitrogen and oxygen atoms in total. The SMILES string of the molecule is CCC(NC(=O)C1CC2CC2C1)C(C)C. The molecule has 2 saturated carbocycles. The lowest BCUT2D eigenvalue weighted by atomic mass is 9.98. The molecule has 0 bridgehead atoms. The van der Waals surface area contributed by atoms with Crippen LogP contribution in [0.25, 0.3) is 0 Å². The summed E-state index contributed by atoms with van der Waals surface area (Å²) in [6, 6.07) is 0.370. The number of hydrogen-bond donors (Lipinski definition) is 1. The Bertz CT molecular complexity index is 239. The smallest absolute Gasteiger partial charge is 0.223 e. The van der Waals surface area contributed by atoms with Gasteiger partial charge < -0.3 is 5.32 Å². The van der Waals surface area contributed by atoms with E-state index in [9.17, 15) is 4.79 Å². The second-order valence-corrected chi connectivity index (χ2v) is 5.69. The lowest BCUT2D eigenvalue weighted by Crippen LogP contribution is -2.41. The number of amides is 1. The minimum atomic E-state index is 0.322. The predicted octanol–water partition coefficient (Wildman–Crippen LogP) is 2.58. The molecule has 2 rings (SSSR count). The van der Waals surface area contributed by atoms with E-state index in [1.54, 1.807) is 0 Å². The summed E-state index contributed by atoms with van der Waals surface area (Å²) in [5.74, 6) is 3.01. The standard InChI is InChI=1S/C13H23NO/c1-4-12(8(2)3)14-13(15)11-6-9-5-10(9)7-11/h8-12H,4-7H2,1-3H3,(H,14,15). The van der Waals surface area contributed by atoms with Crippen molar-refractivity contribution >= 4 is 5.91 Å². The molecule has 0 aromatic heterocycles. The van der Waals surface area contributed by atoms with Crippen LogP contribution in [-0.4, -0.2) is 11.9 Å². The van der Waals surface area contributed by atoms with E-state index in [1.165, 1.54) is 6.42 Å². The lowest BCUT2D eigenvalue weighted by Gasteiger charge is -2.23. The first-order valence-electron chi connectivity index (χ1n) is 6.42. The van der Waals surface area contributed by atoms with E-state index in [4.69, 9.17) is 0 Å². The fourth-order valence-electron chi connectivity index (χ4n) is 2.97. The first-order chi connectivity index (χ1) is 7.11. The molecular formula is C13H23NO. The Balaban J connectivity index is 1.80. The van der Waals surface area contributed by atoms with E-state index in [1.807, 2.05) is 0 Å². The van der Waals surface area contributed by atoms with E-state index in [-0.39, 0.29) is 0 Å². The van der Waals surface area contributed by atoms with Crippen LogP contribution in [0.15, 0.2) is 0 Å². The Morgan fingerprint density at radius 2 is 1.87 bits per heavy atom. The Labute approximate surface area is 92.8 Å². The van der Waals surface area contributed by atoms with Crippen molar-refractivity contribution in [2.75, 3.05) is 0 Å². The highest BCUT2D eigenvalue weighted by atomic mass is 16.1. The molecule has 0 heterocycles. The van der Waals surface area contributed by atoms with Crippen LogP contribution >= 0.6 is 0 Å². The fraction of sp³-hybridized carbons (Fsp3) is 0.923. The maximum Gasteiger partial charge on any atom is 0.223 e. The van der Waals surface area contributed by atoms with E-state index in [0.717, 1.165) is 31.1 Å². The van der Waals surface area contributed by atoms with Gasteiger partial charge in [-0.3, -0.25) is 4.79 Å². The quantitative estimate of drug-likeness (QED) is 0.757. The van der Waals surface area contributed by atoms with Crippen LogP contribution < -0.4 is 5.32 Å². The van der Waals surface area contributed by atoms with Gasteiger partial charge in [-0.05, 0) is 43.4 Å². The lowest BCUT2D eigenvalue weighted by molar-refractivity contribution is -0.126. The summed E-state index contributed by atoms with van der Waals surface area (Å²) in [5, 5.41) is 3.21. The maximum atomic E-state index is 12.0. The van der Waals surface area contributed by atoms with Crippen molar-refractivity contribution < 1.29 is 4.79 Å². The van der Waals surface area contributed by atoms with Gasteiger partial charge in [-0.1, -0.05) is 20.8 Å². The van der Waals surface area contributed by atoms with Gasteiger partial charge in [0.15, 0.2) is 0 Å². The normalized spacial score (nSPS) is 35.1. The van der Waals surface area contributed by atoms with Crippen LogP contribution in [0, 0.1) is 23.7 Å². The third kappa shape index (κ3) is 2.35. The van der Waals surface area contributed by atoms with Gasteiger partial charge in [0, 0.05) is 12.0 Å². The molecule has 0 aliphatic heterocycles. The summed E-state index contributed by atoms with van der Waals surface area (Å²) in [7, 11) is 0. The molecule has 2 aliphatic rings. The molecule has 1 N–H and O–H groups in total. The first-order valence-corrected chi connectivity index (χ1v) is 6.42. The van der Waals surface area contributed by atoms with Crippen LogP contribution in [0.2, 0.25) is 0 Å². The van der Waals surface area contributed by atoms with Crippen molar-refractivity contribution in [1.82, 2.24) is 5.32 Å². The molecule has 0 saturated heterocycles. The summed E-state index contributed by atoms with van der Waals surface area (Å²) < 4.78 is 0. The van der Waals surface area contributed by atoms with Gasteiger partial charge in [0.25, 0.3) is 0 Å². The van der Waals surface area contributed by atoms with Gasteiger partial charge in [0.2, 0.25) is 5.91 Å². The zero-order chi connectivity index (χ0) is 11.0. The number of carbonyl (C=O) groups excluding carboxylic acids is 1. The molecule has 0 aromatic carbocycles. The largest absolute Gasteiger partial charge is 0.353 e. The molecule has 2 heteroatoms. The van der Waals surface area contributed by atoms with Crippen molar-refractivity contribution in [2.45, 2.75) is 52.5 Å². The highest BCUT2D eigenvalue weighted by molar-refractivity contribution is 5.79. The molecule has 86 valence electrons. The first kappa shape index (κ1) is 11.0. The number of hydrogen-bond acceptors (Lipinski definition) is 1. The summed E-state index contributed by atoms with van der Waals surface area (Å²) in [5.41, 5.74) is 0. The van der Waals surface area contributed by atoms with E-state index in [2.05, 4.69) is 26.1 Å². The zero-order valence-corrected chi connectivity index (χ0v) is 10.1. The fourth-order valence-corrected chi connectivity index (χ4v) is 2.97. The molecule has 3 atom stereocenters. The minimum Gasteiger partial charge on any atom is -0.353 e. The zero-order valence-electron chi connectivity index (χ0n) is 10.1. The van der Waals surface area contributed by atoms with Crippen molar-refractivity contribution in [3.63, 3.8) is 0 Å². The second-order valence-electron chi connectivity index (χ2n) is 5.69. The predicted molar refractivity (Wildman–Crippen MR) is 61.4 cm³/mol. The molecule has 0 spiro atoms. The summed E-state index contributed by atoms with van der Waals surface area (Å²) in [6.45, 7) is 6.51. The molecule has 3 unspecified atom stereocenters. The van der Waals surface area contributed by atoms with E-state index < -0.39 is 0 Å². The Morgan fingerprint density at radius 3 is 2.33 bits per heavy atom. The number of fused-ring (bicyclic) bond motifs is 1.